The number of aliphatic hydroxyl groups is 1. The van der Waals surface area contributed by atoms with E-state index in [0.717, 1.165) is 19.3 Å². The van der Waals surface area contributed by atoms with Crippen molar-refractivity contribution in [3.8, 4) is 0 Å². The highest BCUT2D eigenvalue weighted by atomic mass is 35.5. The molecule has 0 bridgehead atoms. The van der Waals surface area contributed by atoms with Gasteiger partial charge < -0.3 is 19.3 Å². The maximum Gasteiger partial charge on any atom is 0.508 e. The van der Waals surface area contributed by atoms with Crippen LogP contribution in [0.2, 0.25) is 0 Å². The quantitative estimate of drug-likeness (QED) is 0.585. The fraction of sp³-hybridized carbons (Fsp3) is 0.867. The van der Waals surface area contributed by atoms with E-state index in [4.69, 9.17) is 16.7 Å². The van der Waals surface area contributed by atoms with Crippen LogP contribution in [0.25, 0.3) is 0 Å². The van der Waals surface area contributed by atoms with Crippen LogP contribution >= 0.6 is 11.6 Å². The summed E-state index contributed by atoms with van der Waals surface area (Å²) >= 11 is 4.89. The Morgan fingerprint density at radius 1 is 0.955 bits per heavy atom. The smallest absolute Gasteiger partial charge is 0.451 e. The minimum absolute atomic E-state index is 0.0440. The molecule has 0 aliphatic carbocycles. The zero-order valence-electron chi connectivity index (χ0n) is 14.7. The average molecular weight is 343 g/mol. The highest BCUT2D eigenvalue weighted by Crippen LogP contribution is 1.98. The molecule has 0 heterocycles. The van der Waals surface area contributed by atoms with Crippen LogP contribution in [-0.2, 0) is 14.2 Å². The van der Waals surface area contributed by atoms with Gasteiger partial charge in [0.25, 0.3) is 0 Å². The van der Waals surface area contributed by atoms with Gasteiger partial charge in [-0.2, -0.15) is 0 Å². The van der Waals surface area contributed by atoms with Gasteiger partial charge in [-0.3, -0.25) is 0 Å². The number of aliphatic hydroxyl groups excluding tert-OH is 1. The summed E-state index contributed by atoms with van der Waals surface area (Å²) in [6, 6.07) is 0. The predicted molar refractivity (Wildman–Crippen MR) is 87.3 cm³/mol. The number of carbonyl (C=O) groups is 2. The number of halogens is 1. The minimum Gasteiger partial charge on any atom is -0.451 e. The molecule has 22 heavy (non-hydrogen) atoms. The number of hydrogen-bond donors (Lipinski definition) is 1. The number of carbonyl (C=O) groups excluding carboxylic acids is 2. The van der Waals surface area contributed by atoms with Crippen molar-refractivity contribution < 1.29 is 28.9 Å². The van der Waals surface area contributed by atoms with Crippen molar-refractivity contribution in [3.05, 3.63) is 0 Å². The predicted octanol–water partition coefficient (Wildman–Crippen LogP) is 4.51. The van der Waals surface area contributed by atoms with E-state index >= 15 is 0 Å². The lowest BCUT2D eigenvalue weighted by Crippen LogP contribution is -2.13. The first kappa shape index (κ1) is 25.9. The first-order valence-electron chi connectivity index (χ1n) is 7.43. The van der Waals surface area contributed by atoms with Gasteiger partial charge in [0.15, 0.2) is 0 Å². The molecule has 0 radical (unpaired) electrons. The molecule has 0 spiro atoms. The number of hydrogen-bond acceptors (Lipinski definition) is 6. The average Bonchev–Trinajstić information content (AvgIpc) is 2.47. The largest absolute Gasteiger partial charge is 0.508 e. The molecular weight excluding hydrogens is 312 g/mol. The van der Waals surface area contributed by atoms with Crippen LogP contribution in [0.5, 0.6) is 0 Å². The molecule has 3 unspecified atom stereocenters. The van der Waals surface area contributed by atoms with Gasteiger partial charge in [-0.25, -0.2) is 9.59 Å². The van der Waals surface area contributed by atoms with E-state index in [1.54, 1.807) is 13.8 Å². The van der Waals surface area contributed by atoms with Crippen LogP contribution < -0.4 is 0 Å². The number of rotatable bonds is 5. The Labute approximate surface area is 139 Å². The molecule has 0 aliphatic heterocycles. The molecule has 0 rings (SSSR count). The molecule has 0 aromatic rings. The molecule has 3 atom stereocenters. The van der Waals surface area contributed by atoms with E-state index in [1.165, 1.54) is 7.11 Å². The third-order valence-electron chi connectivity index (χ3n) is 2.50. The molecule has 0 saturated heterocycles. The lowest BCUT2D eigenvalue weighted by molar-refractivity contribution is 0.0423. The molecule has 0 aromatic carbocycles. The van der Waals surface area contributed by atoms with E-state index < -0.39 is 11.6 Å². The second kappa shape index (κ2) is 18.0. The maximum atomic E-state index is 10.3. The van der Waals surface area contributed by atoms with Gasteiger partial charge >= 0.3 is 11.6 Å². The van der Waals surface area contributed by atoms with Crippen molar-refractivity contribution in [2.75, 3.05) is 7.11 Å². The van der Waals surface area contributed by atoms with Gasteiger partial charge in [0, 0.05) is 11.6 Å². The van der Waals surface area contributed by atoms with Crippen molar-refractivity contribution in [2.45, 2.75) is 79.1 Å². The van der Waals surface area contributed by atoms with Crippen molar-refractivity contribution in [1.82, 2.24) is 0 Å². The van der Waals surface area contributed by atoms with Gasteiger partial charge in [0.1, 0.15) is 12.2 Å². The monoisotopic (exact) mass is 342 g/mol. The molecule has 7 heteroatoms. The van der Waals surface area contributed by atoms with Crippen LogP contribution in [0, 0.1) is 0 Å². The first-order valence-corrected chi connectivity index (χ1v) is 7.80. The highest BCUT2D eigenvalue weighted by molar-refractivity contribution is 6.61. The second-order valence-corrected chi connectivity index (χ2v) is 4.93. The summed E-state index contributed by atoms with van der Waals surface area (Å²) in [6.07, 6.45) is 1.66. The minimum atomic E-state index is -0.723. The van der Waals surface area contributed by atoms with Crippen molar-refractivity contribution >= 4 is 23.2 Å². The summed E-state index contributed by atoms with van der Waals surface area (Å²) in [5, 5.41) is 8.36. The third kappa shape index (κ3) is 27.4. The van der Waals surface area contributed by atoms with E-state index in [-0.39, 0.29) is 18.3 Å². The third-order valence-corrected chi connectivity index (χ3v) is 2.59. The molecule has 0 amide bonds. The van der Waals surface area contributed by atoms with Gasteiger partial charge in [-0.1, -0.05) is 20.8 Å². The van der Waals surface area contributed by atoms with Gasteiger partial charge in [-0.05, 0) is 40.0 Å². The van der Waals surface area contributed by atoms with Crippen molar-refractivity contribution in [3.63, 3.8) is 0 Å². The summed E-state index contributed by atoms with van der Waals surface area (Å²) < 4.78 is 13.5. The zero-order chi connectivity index (χ0) is 18.1. The zero-order valence-corrected chi connectivity index (χ0v) is 15.5. The van der Waals surface area contributed by atoms with Gasteiger partial charge in [0.05, 0.1) is 13.2 Å². The maximum absolute atomic E-state index is 10.3. The fourth-order valence-electron chi connectivity index (χ4n) is 0.537. The Morgan fingerprint density at radius 3 is 1.50 bits per heavy atom. The molecule has 0 aliphatic rings. The summed E-state index contributed by atoms with van der Waals surface area (Å²) in [6.45, 7) is 11.2. The molecule has 6 nitrogen and oxygen atoms in total. The number of methoxy groups -OCH3 is 1. The summed E-state index contributed by atoms with van der Waals surface area (Å²) in [7, 11) is 1.30. The van der Waals surface area contributed by atoms with Crippen LogP contribution in [0.4, 0.5) is 9.59 Å². The van der Waals surface area contributed by atoms with Crippen LogP contribution in [0.15, 0.2) is 0 Å². The Bertz CT molecular complexity index is 271. The van der Waals surface area contributed by atoms with Crippen LogP contribution in [0.3, 0.4) is 0 Å². The topological polar surface area (TPSA) is 82.1 Å². The highest BCUT2D eigenvalue weighted by Gasteiger charge is 2.04. The molecule has 134 valence electrons. The summed E-state index contributed by atoms with van der Waals surface area (Å²) in [5.74, 6) is 0. The molecule has 1 N–H and O–H groups in total. The van der Waals surface area contributed by atoms with Crippen molar-refractivity contribution in [2.24, 2.45) is 0 Å². The standard InChI is InChI=1S/C6H12O3.C5H9ClO2.C4H10O/c1-4-5(2)9-6(7)8-3;1-3-4(2)8-5(6)7;1-3-4(2)5/h5H,4H2,1-3H3;4H,3H2,1-2H3;4-5H,3H2,1-2H3. The van der Waals surface area contributed by atoms with E-state index in [1.807, 2.05) is 27.7 Å². The van der Waals surface area contributed by atoms with Crippen LogP contribution in [-0.4, -0.2) is 42.1 Å². The van der Waals surface area contributed by atoms with Gasteiger partial charge in [0.2, 0.25) is 0 Å². The lowest BCUT2D eigenvalue weighted by Gasteiger charge is -2.07. The number of ether oxygens (including phenoxy) is 3. The SMILES string of the molecule is CCC(C)O.CCC(C)OC(=O)Cl.CCC(C)OC(=O)OC. The Balaban J connectivity index is -0.000000257. The lowest BCUT2D eigenvalue weighted by atomic mass is 10.3. The Kier molecular flexibility index (Phi) is 21.3. The Morgan fingerprint density at radius 2 is 1.32 bits per heavy atom. The van der Waals surface area contributed by atoms with Crippen molar-refractivity contribution in [1.29, 1.82) is 0 Å². The second-order valence-electron chi connectivity index (χ2n) is 4.62. The fourth-order valence-corrected chi connectivity index (χ4v) is 0.689. The van der Waals surface area contributed by atoms with Gasteiger partial charge in [-0.15, -0.1) is 0 Å². The summed E-state index contributed by atoms with van der Waals surface area (Å²) in [4.78, 5) is 20.3. The normalized spacial score (nSPS) is 13.1. The molecule has 0 fully saturated rings. The van der Waals surface area contributed by atoms with E-state index in [0.29, 0.717) is 0 Å². The molecule has 0 saturated carbocycles. The Hall–Kier alpha value is -1.01. The molecular formula is C15H31ClO6. The van der Waals surface area contributed by atoms with E-state index in [2.05, 4.69) is 14.2 Å². The van der Waals surface area contributed by atoms with E-state index in [9.17, 15) is 9.59 Å². The first-order chi connectivity index (χ1) is 10.1. The summed E-state index contributed by atoms with van der Waals surface area (Å²) in [5.41, 5.74) is -0.723. The van der Waals surface area contributed by atoms with Crippen LogP contribution in [0.1, 0.15) is 60.8 Å². The molecule has 0 aromatic heterocycles.